The van der Waals surface area contributed by atoms with Gasteiger partial charge in [0.05, 0.1) is 4.92 Å². The molecule has 0 spiro atoms. The average Bonchev–Trinajstić information content (AvgIpc) is 2.13. The molecule has 0 aliphatic rings. The van der Waals surface area contributed by atoms with Crippen molar-refractivity contribution >= 4 is 11.4 Å². The van der Waals surface area contributed by atoms with Gasteiger partial charge in [-0.2, -0.15) is 0 Å². The van der Waals surface area contributed by atoms with Crippen LogP contribution in [0, 0.1) is 23.0 Å². The second-order valence-electron chi connectivity index (χ2n) is 4.00. The van der Waals surface area contributed by atoms with Crippen molar-refractivity contribution in [3.8, 4) is 0 Å². The molecule has 4 nitrogen and oxygen atoms in total. The van der Waals surface area contributed by atoms with Gasteiger partial charge in [0.1, 0.15) is 5.69 Å². The molecule has 0 aromatic heterocycles. The van der Waals surface area contributed by atoms with Crippen molar-refractivity contribution in [1.29, 1.82) is 0 Å². The summed E-state index contributed by atoms with van der Waals surface area (Å²) >= 11 is 0. The van der Waals surface area contributed by atoms with Crippen LogP contribution in [0.25, 0.3) is 0 Å². The minimum absolute atomic E-state index is 0.179. The first-order valence-electron chi connectivity index (χ1n) is 5.00. The summed E-state index contributed by atoms with van der Waals surface area (Å²) in [5.74, 6) is 0.463. The van der Waals surface area contributed by atoms with Gasteiger partial charge in [-0.3, -0.25) is 10.1 Å². The van der Waals surface area contributed by atoms with E-state index in [9.17, 15) is 10.1 Å². The Labute approximate surface area is 89.5 Å². The van der Waals surface area contributed by atoms with E-state index in [1.54, 1.807) is 19.1 Å². The zero-order chi connectivity index (χ0) is 11.4. The second kappa shape index (κ2) is 4.77. The molecule has 15 heavy (non-hydrogen) atoms. The molecule has 0 amide bonds. The van der Waals surface area contributed by atoms with Crippen LogP contribution in [0.15, 0.2) is 18.2 Å². The van der Waals surface area contributed by atoms with Gasteiger partial charge in [0, 0.05) is 12.1 Å². The van der Waals surface area contributed by atoms with Gasteiger partial charge < -0.3 is 5.32 Å². The Bertz CT molecular complexity index is 362. The van der Waals surface area contributed by atoms with Gasteiger partial charge in [0.15, 0.2) is 0 Å². The third-order valence-electron chi connectivity index (χ3n) is 2.12. The van der Waals surface area contributed by atoms with Gasteiger partial charge in [0.25, 0.3) is 5.69 Å². The molecule has 1 aromatic carbocycles. The lowest BCUT2D eigenvalue weighted by molar-refractivity contribution is -0.384. The molecule has 4 heteroatoms. The molecule has 0 radical (unpaired) electrons. The predicted octanol–water partition coefficient (Wildman–Crippen LogP) is 2.97. The van der Waals surface area contributed by atoms with Crippen LogP contribution in [0.2, 0.25) is 0 Å². The molecule has 82 valence electrons. The van der Waals surface area contributed by atoms with Crippen molar-refractivity contribution in [3.05, 3.63) is 33.9 Å². The Hall–Kier alpha value is -1.58. The molecule has 0 saturated heterocycles. The van der Waals surface area contributed by atoms with Gasteiger partial charge in [-0.05, 0) is 18.9 Å². The number of benzene rings is 1. The summed E-state index contributed by atoms with van der Waals surface area (Å²) in [4.78, 5) is 10.5. The fourth-order valence-corrected chi connectivity index (χ4v) is 1.36. The summed E-state index contributed by atoms with van der Waals surface area (Å²) < 4.78 is 0. The summed E-state index contributed by atoms with van der Waals surface area (Å²) in [6.07, 6.45) is 0. The number of hydrogen-bond acceptors (Lipinski definition) is 3. The summed E-state index contributed by atoms with van der Waals surface area (Å²) in [7, 11) is 0. The maximum Gasteiger partial charge on any atom is 0.295 e. The van der Waals surface area contributed by atoms with Gasteiger partial charge in [-0.1, -0.05) is 26.0 Å². The first-order chi connectivity index (χ1) is 7.02. The maximum atomic E-state index is 10.9. The SMILES string of the molecule is Cc1cccc(NCC(C)C)c1[N+](=O)[O-]. The smallest absolute Gasteiger partial charge is 0.295 e. The standard InChI is InChI=1S/C11H16N2O2/c1-8(2)7-12-10-6-4-5-9(3)11(10)13(14)15/h4-6,8,12H,7H2,1-3H3. The quantitative estimate of drug-likeness (QED) is 0.611. The number of anilines is 1. The lowest BCUT2D eigenvalue weighted by Gasteiger charge is -2.10. The summed E-state index contributed by atoms with van der Waals surface area (Å²) in [6, 6.07) is 5.32. The molecule has 0 aliphatic heterocycles. The topological polar surface area (TPSA) is 55.2 Å². The molecule has 0 fully saturated rings. The highest BCUT2D eigenvalue weighted by molar-refractivity contribution is 5.64. The van der Waals surface area contributed by atoms with Gasteiger partial charge >= 0.3 is 0 Å². The molecule has 0 bridgehead atoms. The summed E-state index contributed by atoms with van der Waals surface area (Å²) in [6.45, 7) is 6.62. The molecular formula is C11H16N2O2. The van der Waals surface area contributed by atoms with Crippen molar-refractivity contribution in [2.75, 3.05) is 11.9 Å². The Balaban J connectivity index is 2.96. The summed E-state index contributed by atoms with van der Waals surface area (Å²) in [5.41, 5.74) is 1.47. The van der Waals surface area contributed by atoms with Crippen molar-refractivity contribution in [2.24, 2.45) is 5.92 Å². The zero-order valence-electron chi connectivity index (χ0n) is 9.28. The molecule has 1 N–H and O–H groups in total. The average molecular weight is 208 g/mol. The van der Waals surface area contributed by atoms with Crippen LogP contribution in [-0.4, -0.2) is 11.5 Å². The number of nitrogens with one attached hydrogen (secondary N) is 1. The second-order valence-corrected chi connectivity index (χ2v) is 4.00. The molecule has 1 rings (SSSR count). The van der Waals surface area contributed by atoms with Crippen LogP contribution in [-0.2, 0) is 0 Å². The monoisotopic (exact) mass is 208 g/mol. The van der Waals surface area contributed by atoms with Gasteiger partial charge in [-0.15, -0.1) is 0 Å². The van der Waals surface area contributed by atoms with Crippen LogP contribution in [0.4, 0.5) is 11.4 Å². The van der Waals surface area contributed by atoms with Crippen LogP contribution >= 0.6 is 0 Å². The maximum absolute atomic E-state index is 10.9. The van der Waals surface area contributed by atoms with E-state index < -0.39 is 0 Å². The molecule has 0 heterocycles. The Morgan fingerprint density at radius 3 is 2.67 bits per heavy atom. The number of para-hydroxylation sites is 1. The summed E-state index contributed by atoms with van der Waals surface area (Å²) in [5, 5.41) is 13.9. The number of rotatable bonds is 4. The normalized spacial score (nSPS) is 10.4. The highest BCUT2D eigenvalue weighted by Gasteiger charge is 2.16. The minimum Gasteiger partial charge on any atom is -0.379 e. The Morgan fingerprint density at radius 1 is 1.47 bits per heavy atom. The minimum atomic E-state index is -0.335. The molecule has 1 aromatic rings. The molecule has 0 aliphatic carbocycles. The van der Waals surface area contributed by atoms with E-state index >= 15 is 0 Å². The van der Waals surface area contributed by atoms with Crippen LogP contribution in [0.5, 0.6) is 0 Å². The van der Waals surface area contributed by atoms with E-state index in [1.165, 1.54) is 0 Å². The fraction of sp³-hybridized carbons (Fsp3) is 0.455. The lowest BCUT2D eigenvalue weighted by atomic mass is 10.1. The predicted molar refractivity (Wildman–Crippen MR) is 61.2 cm³/mol. The zero-order valence-corrected chi connectivity index (χ0v) is 9.28. The number of hydrogen-bond donors (Lipinski definition) is 1. The molecule has 0 saturated carbocycles. The Kier molecular flexibility index (Phi) is 3.66. The van der Waals surface area contributed by atoms with Crippen LogP contribution < -0.4 is 5.32 Å². The van der Waals surface area contributed by atoms with E-state index in [2.05, 4.69) is 19.2 Å². The van der Waals surface area contributed by atoms with Crippen molar-refractivity contribution in [3.63, 3.8) is 0 Å². The first-order valence-corrected chi connectivity index (χ1v) is 5.00. The third kappa shape index (κ3) is 2.94. The van der Waals surface area contributed by atoms with E-state index in [4.69, 9.17) is 0 Å². The number of nitro benzene ring substituents is 1. The van der Waals surface area contributed by atoms with Gasteiger partial charge in [0.2, 0.25) is 0 Å². The highest BCUT2D eigenvalue weighted by atomic mass is 16.6. The molecular weight excluding hydrogens is 192 g/mol. The van der Waals surface area contributed by atoms with Gasteiger partial charge in [-0.25, -0.2) is 0 Å². The fourth-order valence-electron chi connectivity index (χ4n) is 1.36. The van der Waals surface area contributed by atoms with Crippen molar-refractivity contribution < 1.29 is 4.92 Å². The lowest BCUT2D eigenvalue weighted by Crippen LogP contribution is -2.09. The van der Waals surface area contributed by atoms with Crippen molar-refractivity contribution in [2.45, 2.75) is 20.8 Å². The largest absolute Gasteiger partial charge is 0.379 e. The number of aryl methyl sites for hydroxylation is 1. The van der Waals surface area contributed by atoms with E-state index in [0.717, 1.165) is 6.54 Å². The van der Waals surface area contributed by atoms with Crippen molar-refractivity contribution in [1.82, 2.24) is 0 Å². The molecule has 0 unspecified atom stereocenters. The third-order valence-corrected chi connectivity index (χ3v) is 2.12. The highest BCUT2D eigenvalue weighted by Crippen LogP contribution is 2.27. The first kappa shape index (κ1) is 11.5. The Morgan fingerprint density at radius 2 is 2.13 bits per heavy atom. The van der Waals surface area contributed by atoms with E-state index in [0.29, 0.717) is 17.2 Å². The van der Waals surface area contributed by atoms with E-state index in [1.807, 2.05) is 6.07 Å². The van der Waals surface area contributed by atoms with E-state index in [-0.39, 0.29) is 10.6 Å². The van der Waals surface area contributed by atoms with Crippen LogP contribution in [0.3, 0.4) is 0 Å². The molecule has 0 atom stereocenters. The van der Waals surface area contributed by atoms with Crippen LogP contribution in [0.1, 0.15) is 19.4 Å². The number of nitrogens with zero attached hydrogens (tertiary/aromatic N) is 1. The number of nitro groups is 1.